The van der Waals surface area contributed by atoms with Gasteiger partial charge in [0.05, 0.1) is 18.2 Å². The molecule has 5 aromatic rings. The van der Waals surface area contributed by atoms with Crippen molar-refractivity contribution in [3.8, 4) is 22.4 Å². The maximum absolute atomic E-state index is 14.4. The first-order chi connectivity index (χ1) is 15.5. The summed E-state index contributed by atoms with van der Waals surface area (Å²) in [7, 11) is 1.91. The largest absolute Gasteiger partial charge is 0.461 e. The van der Waals surface area contributed by atoms with Crippen molar-refractivity contribution in [1.29, 1.82) is 0 Å². The van der Waals surface area contributed by atoms with Crippen molar-refractivity contribution in [2.45, 2.75) is 19.9 Å². The molecule has 0 fully saturated rings. The van der Waals surface area contributed by atoms with Gasteiger partial charge in [-0.15, -0.1) is 0 Å². The second kappa shape index (κ2) is 7.92. The van der Waals surface area contributed by atoms with Gasteiger partial charge in [-0.3, -0.25) is 4.68 Å². The summed E-state index contributed by atoms with van der Waals surface area (Å²) in [6.07, 6.45) is 5.33. The molecule has 1 unspecified atom stereocenters. The lowest BCUT2D eigenvalue weighted by atomic mass is 10.0. The molecule has 7 heteroatoms. The maximum atomic E-state index is 14.4. The number of aryl methyl sites for hydroxylation is 2. The Balaban J connectivity index is 1.44. The Bertz CT molecular complexity index is 1420. The fraction of sp³-hybridized carbons (Fsp3) is 0.160. The van der Waals surface area contributed by atoms with Crippen molar-refractivity contribution in [1.82, 2.24) is 19.7 Å². The molecule has 1 atom stereocenters. The van der Waals surface area contributed by atoms with Gasteiger partial charge in [0.2, 0.25) is 0 Å². The predicted molar refractivity (Wildman–Crippen MR) is 123 cm³/mol. The molecule has 3 aromatic heterocycles. The summed E-state index contributed by atoms with van der Waals surface area (Å²) in [6.45, 7) is 3.91. The number of nitrogens with zero attached hydrogens (tertiary/aromatic N) is 4. The van der Waals surface area contributed by atoms with Crippen LogP contribution < -0.4 is 5.32 Å². The molecule has 0 saturated carbocycles. The van der Waals surface area contributed by atoms with E-state index in [0.717, 1.165) is 16.7 Å². The van der Waals surface area contributed by atoms with Crippen LogP contribution in [0.25, 0.3) is 33.4 Å². The van der Waals surface area contributed by atoms with E-state index in [-0.39, 0.29) is 11.6 Å². The lowest BCUT2D eigenvalue weighted by Crippen LogP contribution is -2.09. The second-order valence-electron chi connectivity index (χ2n) is 7.88. The summed E-state index contributed by atoms with van der Waals surface area (Å²) >= 11 is 0. The highest BCUT2D eigenvalue weighted by atomic mass is 19.1. The summed E-state index contributed by atoms with van der Waals surface area (Å²) in [5, 5.41) is 8.41. The summed E-state index contributed by atoms with van der Waals surface area (Å²) < 4.78 is 21.4. The molecular formula is C25H22FN5O. The Morgan fingerprint density at radius 3 is 2.72 bits per heavy atom. The van der Waals surface area contributed by atoms with Crippen LogP contribution in [-0.2, 0) is 7.05 Å². The van der Waals surface area contributed by atoms with E-state index in [4.69, 9.17) is 4.42 Å². The molecule has 0 spiro atoms. The van der Waals surface area contributed by atoms with E-state index >= 15 is 0 Å². The number of furan rings is 1. The zero-order valence-corrected chi connectivity index (χ0v) is 18.0. The first-order valence-corrected chi connectivity index (χ1v) is 10.3. The zero-order chi connectivity index (χ0) is 22.2. The van der Waals surface area contributed by atoms with Crippen LogP contribution in [0.1, 0.15) is 24.4 Å². The molecule has 0 aliphatic heterocycles. The van der Waals surface area contributed by atoms with E-state index in [2.05, 4.69) is 45.5 Å². The number of fused-ring (bicyclic) bond motifs is 1. The van der Waals surface area contributed by atoms with E-state index in [9.17, 15) is 4.39 Å². The smallest absolute Gasteiger partial charge is 0.169 e. The molecule has 0 aliphatic rings. The molecule has 0 bridgehead atoms. The minimum atomic E-state index is -0.408. The van der Waals surface area contributed by atoms with Gasteiger partial charge < -0.3 is 9.73 Å². The first kappa shape index (κ1) is 19.9. The van der Waals surface area contributed by atoms with Crippen LogP contribution in [0.5, 0.6) is 0 Å². The van der Waals surface area contributed by atoms with Crippen LogP contribution in [0.2, 0.25) is 0 Å². The third-order valence-electron chi connectivity index (χ3n) is 5.43. The summed E-state index contributed by atoms with van der Waals surface area (Å²) in [5.41, 5.74) is 4.87. The summed E-state index contributed by atoms with van der Waals surface area (Å²) in [5.74, 6) is 0.877. The lowest BCUT2D eigenvalue weighted by molar-refractivity contribution is 0.560. The number of rotatable bonds is 5. The monoisotopic (exact) mass is 427 g/mol. The maximum Gasteiger partial charge on any atom is 0.169 e. The highest BCUT2D eigenvalue weighted by Crippen LogP contribution is 2.29. The third-order valence-corrected chi connectivity index (χ3v) is 5.43. The highest BCUT2D eigenvalue weighted by molar-refractivity contribution is 5.83. The SMILES string of the molecule is Cc1nc(NC(C)c2cccc(-c3cnn(C)c3)c2)cc(-c2cc(F)c3occc3c2)n1. The fourth-order valence-electron chi connectivity index (χ4n) is 3.84. The van der Waals surface area contributed by atoms with Gasteiger partial charge in [-0.25, -0.2) is 14.4 Å². The molecule has 3 heterocycles. The third kappa shape index (κ3) is 3.85. The normalized spacial score (nSPS) is 12.2. The van der Waals surface area contributed by atoms with Gasteiger partial charge in [-0.05, 0) is 49.2 Å². The van der Waals surface area contributed by atoms with Gasteiger partial charge in [-0.2, -0.15) is 5.10 Å². The number of aromatic nitrogens is 4. The van der Waals surface area contributed by atoms with Crippen LogP contribution in [0.4, 0.5) is 10.2 Å². The molecule has 0 amide bonds. The van der Waals surface area contributed by atoms with Crippen LogP contribution in [0.3, 0.4) is 0 Å². The number of benzene rings is 2. The average Bonchev–Trinajstić information content (AvgIpc) is 3.42. The summed E-state index contributed by atoms with van der Waals surface area (Å²) in [6, 6.07) is 15.2. The van der Waals surface area contributed by atoms with Crippen molar-refractivity contribution in [3.63, 3.8) is 0 Å². The van der Waals surface area contributed by atoms with Gasteiger partial charge in [-0.1, -0.05) is 18.2 Å². The molecular weight excluding hydrogens is 405 g/mol. The molecule has 160 valence electrons. The van der Waals surface area contributed by atoms with E-state index in [0.29, 0.717) is 28.3 Å². The minimum absolute atomic E-state index is 0.00172. The molecule has 32 heavy (non-hydrogen) atoms. The molecule has 2 aromatic carbocycles. The Morgan fingerprint density at radius 2 is 1.91 bits per heavy atom. The lowest BCUT2D eigenvalue weighted by Gasteiger charge is -2.17. The standard InChI is InChI=1S/C25H22FN5O/c1-15(17-5-4-6-18(9-17)21-13-27-31(3)14-21)28-24-12-23(29-16(2)30-24)20-10-19-7-8-32-25(19)22(26)11-20/h4-15H,1-3H3,(H,28,29,30). The average molecular weight is 427 g/mol. The number of anilines is 1. The Labute approximate surface area is 184 Å². The summed E-state index contributed by atoms with van der Waals surface area (Å²) in [4.78, 5) is 9.05. The van der Waals surface area contributed by atoms with E-state index in [1.54, 1.807) is 10.7 Å². The molecule has 0 aliphatic carbocycles. The zero-order valence-electron chi connectivity index (χ0n) is 18.0. The van der Waals surface area contributed by atoms with Crippen LogP contribution in [0.15, 0.2) is 71.6 Å². The second-order valence-corrected chi connectivity index (χ2v) is 7.88. The van der Waals surface area contributed by atoms with E-state index < -0.39 is 5.82 Å². The number of hydrogen-bond donors (Lipinski definition) is 1. The number of nitrogens with one attached hydrogen (secondary N) is 1. The van der Waals surface area contributed by atoms with Gasteiger partial charge >= 0.3 is 0 Å². The van der Waals surface area contributed by atoms with Crippen molar-refractivity contribution < 1.29 is 8.81 Å². The van der Waals surface area contributed by atoms with Crippen molar-refractivity contribution in [2.24, 2.45) is 7.05 Å². The molecule has 5 rings (SSSR count). The number of halogens is 1. The predicted octanol–water partition coefficient (Wildman–Crippen LogP) is 5.91. The fourth-order valence-corrected chi connectivity index (χ4v) is 3.84. The van der Waals surface area contributed by atoms with Gasteiger partial charge in [0.25, 0.3) is 0 Å². The van der Waals surface area contributed by atoms with Crippen molar-refractivity contribution in [2.75, 3.05) is 5.32 Å². The molecule has 1 N–H and O–H groups in total. The Morgan fingerprint density at radius 1 is 1.03 bits per heavy atom. The Hall–Kier alpha value is -4.00. The highest BCUT2D eigenvalue weighted by Gasteiger charge is 2.13. The van der Waals surface area contributed by atoms with Crippen LogP contribution >= 0.6 is 0 Å². The van der Waals surface area contributed by atoms with Gasteiger partial charge in [0.1, 0.15) is 11.6 Å². The number of hydrogen-bond acceptors (Lipinski definition) is 5. The first-order valence-electron chi connectivity index (χ1n) is 10.3. The van der Waals surface area contributed by atoms with E-state index in [1.807, 2.05) is 44.6 Å². The molecule has 0 saturated heterocycles. The topological polar surface area (TPSA) is 68.8 Å². The van der Waals surface area contributed by atoms with E-state index in [1.165, 1.54) is 12.3 Å². The minimum Gasteiger partial charge on any atom is -0.461 e. The quantitative estimate of drug-likeness (QED) is 0.378. The Kier molecular flexibility index (Phi) is 4.93. The molecule has 6 nitrogen and oxygen atoms in total. The van der Waals surface area contributed by atoms with Crippen LogP contribution in [-0.4, -0.2) is 19.7 Å². The van der Waals surface area contributed by atoms with Gasteiger partial charge in [0.15, 0.2) is 11.4 Å². The van der Waals surface area contributed by atoms with Crippen molar-refractivity contribution in [3.05, 3.63) is 84.4 Å². The van der Waals surface area contributed by atoms with Gasteiger partial charge in [0, 0.05) is 41.9 Å². The van der Waals surface area contributed by atoms with Crippen molar-refractivity contribution >= 4 is 16.8 Å². The van der Waals surface area contributed by atoms with Crippen LogP contribution in [0, 0.1) is 12.7 Å². The molecule has 0 radical (unpaired) electrons.